The molecule has 1 aromatic rings. The Labute approximate surface area is 110 Å². The van der Waals surface area contributed by atoms with Crippen molar-refractivity contribution in [2.24, 2.45) is 11.3 Å². The average molecular weight is 303 g/mol. The zero-order valence-electron chi connectivity index (χ0n) is 10.3. The second-order valence-electron chi connectivity index (χ2n) is 5.38. The van der Waals surface area contributed by atoms with E-state index >= 15 is 0 Å². The number of rotatable bonds is 4. The summed E-state index contributed by atoms with van der Waals surface area (Å²) in [5.74, 6) is 0.768. The molecule has 0 N–H and O–H groups in total. The SMILES string of the molecule is CC(CC(=O)Cc1sccc1Br)C(C)(C)C. The zero-order valence-corrected chi connectivity index (χ0v) is 12.7. The summed E-state index contributed by atoms with van der Waals surface area (Å²) in [6.07, 6.45) is 1.24. The van der Waals surface area contributed by atoms with Crippen LogP contribution in [0, 0.1) is 11.3 Å². The van der Waals surface area contributed by atoms with Crippen molar-refractivity contribution in [2.75, 3.05) is 0 Å². The van der Waals surface area contributed by atoms with E-state index in [2.05, 4.69) is 43.6 Å². The van der Waals surface area contributed by atoms with Crippen molar-refractivity contribution in [3.63, 3.8) is 0 Å². The van der Waals surface area contributed by atoms with Gasteiger partial charge in [-0.1, -0.05) is 27.7 Å². The minimum atomic E-state index is 0.211. The molecule has 1 unspecified atom stereocenters. The molecule has 1 nitrogen and oxygen atoms in total. The first-order chi connectivity index (χ1) is 7.30. The molecule has 90 valence electrons. The predicted molar refractivity (Wildman–Crippen MR) is 74.0 cm³/mol. The normalized spacial score (nSPS) is 13.8. The van der Waals surface area contributed by atoms with Gasteiger partial charge in [0.2, 0.25) is 0 Å². The van der Waals surface area contributed by atoms with Gasteiger partial charge in [0.05, 0.1) is 0 Å². The zero-order chi connectivity index (χ0) is 12.3. The summed E-state index contributed by atoms with van der Waals surface area (Å²) in [6.45, 7) is 8.71. The molecule has 1 aromatic heterocycles. The molecule has 0 saturated heterocycles. The number of hydrogen-bond acceptors (Lipinski definition) is 2. The van der Waals surface area contributed by atoms with Gasteiger partial charge in [0, 0.05) is 22.2 Å². The molecule has 1 heterocycles. The summed E-state index contributed by atoms with van der Waals surface area (Å²) in [4.78, 5) is 13.1. The van der Waals surface area contributed by atoms with E-state index in [1.165, 1.54) is 0 Å². The summed E-state index contributed by atoms with van der Waals surface area (Å²) in [7, 11) is 0. The summed E-state index contributed by atoms with van der Waals surface area (Å²) >= 11 is 5.10. The first-order valence-electron chi connectivity index (χ1n) is 5.54. The first-order valence-corrected chi connectivity index (χ1v) is 7.21. The van der Waals surface area contributed by atoms with Crippen LogP contribution in [0.1, 0.15) is 39.0 Å². The monoisotopic (exact) mass is 302 g/mol. The van der Waals surface area contributed by atoms with Crippen molar-refractivity contribution in [1.29, 1.82) is 0 Å². The van der Waals surface area contributed by atoms with Crippen LogP contribution in [0.5, 0.6) is 0 Å². The molecule has 0 aromatic carbocycles. The lowest BCUT2D eigenvalue weighted by Gasteiger charge is -2.26. The quantitative estimate of drug-likeness (QED) is 0.788. The molecule has 0 aliphatic carbocycles. The van der Waals surface area contributed by atoms with Crippen molar-refractivity contribution < 1.29 is 4.79 Å². The third-order valence-electron chi connectivity index (χ3n) is 3.06. The second kappa shape index (κ2) is 5.46. The van der Waals surface area contributed by atoms with E-state index in [4.69, 9.17) is 0 Å². The van der Waals surface area contributed by atoms with Gasteiger partial charge in [0.25, 0.3) is 0 Å². The molecule has 0 aliphatic heterocycles. The van der Waals surface area contributed by atoms with Gasteiger partial charge in [0.1, 0.15) is 5.78 Å². The maximum absolute atomic E-state index is 11.9. The highest BCUT2D eigenvalue weighted by Gasteiger charge is 2.22. The van der Waals surface area contributed by atoms with E-state index in [1.807, 2.05) is 11.4 Å². The van der Waals surface area contributed by atoms with E-state index < -0.39 is 0 Å². The summed E-state index contributed by atoms with van der Waals surface area (Å²) in [5, 5.41) is 2.01. The number of carbonyl (C=O) groups is 1. The Bertz CT molecular complexity index is 362. The molecule has 0 saturated carbocycles. The number of halogens is 1. The first kappa shape index (κ1) is 13.9. The van der Waals surface area contributed by atoms with Gasteiger partial charge in [0.15, 0.2) is 0 Å². The van der Waals surface area contributed by atoms with E-state index in [1.54, 1.807) is 11.3 Å². The molecule has 1 rings (SSSR count). The van der Waals surface area contributed by atoms with Crippen LogP contribution in [0.3, 0.4) is 0 Å². The number of carbonyl (C=O) groups excluding carboxylic acids is 1. The van der Waals surface area contributed by atoms with Gasteiger partial charge in [-0.25, -0.2) is 0 Å². The fourth-order valence-corrected chi connectivity index (χ4v) is 2.87. The van der Waals surface area contributed by atoms with Crippen LogP contribution in [-0.4, -0.2) is 5.78 Å². The molecule has 0 amide bonds. The van der Waals surface area contributed by atoms with Crippen molar-refractivity contribution in [2.45, 2.75) is 40.5 Å². The van der Waals surface area contributed by atoms with Crippen molar-refractivity contribution in [3.8, 4) is 0 Å². The van der Waals surface area contributed by atoms with Crippen molar-refractivity contribution >= 4 is 33.0 Å². The largest absolute Gasteiger partial charge is 0.299 e. The Morgan fingerprint density at radius 3 is 2.56 bits per heavy atom. The fraction of sp³-hybridized carbons (Fsp3) is 0.615. The highest BCUT2D eigenvalue weighted by atomic mass is 79.9. The Morgan fingerprint density at radius 2 is 2.12 bits per heavy atom. The van der Waals surface area contributed by atoms with Crippen LogP contribution in [0.2, 0.25) is 0 Å². The molecular weight excluding hydrogens is 284 g/mol. The van der Waals surface area contributed by atoms with Gasteiger partial charge in [-0.2, -0.15) is 0 Å². The standard InChI is InChI=1S/C13H19BrOS/c1-9(13(2,3)4)7-10(15)8-12-11(14)5-6-16-12/h5-6,9H,7-8H2,1-4H3. The van der Waals surface area contributed by atoms with Crippen LogP contribution < -0.4 is 0 Å². The molecule has 0 spiro atoms. The fourth-order valence-electron chi connectivity index (χ4n) is 1.35. The van der Waals surface area contributed by atoms with Gasteiger partial charge < -0.3 is 0 Å². The lowest BCUT2D eigenvalue weighted by atomic mass is 9.79. The van der Waals surface area contributed by atoms with Gasteiger partial charge >= 0.3 is 0 Å². The minimum absolute atomic E-state index is 0.211. The number of thiophene rings is 1. The van der Waals surface area contributed by atoms with E-state index in [9.17, 15) is 4.79 Å². The Hall–Kier alpha value is -0.150. The Kier molecular flexibility index (Phi) is 4.74. The van der Waals surface area contributed by atoms with Gasteiger partial charge in [-0.3, -0.25) is 4.79 Å². The molecule has 0 fully saturated rings. The number of hydrogen-bond donors (Lipinski definition) is 0. The second-order valence-corrected chi connectivity index (χ2v) is 7.23. The number of ketones is 1. The molecule has 0 aliphatic rings. The Morgan fingerprint density at radius 1 is 1.50 bits per heavy atom. The average Bonchev–Trinajstić information content (AvgIpc) is 2.50. The maximum atomic E-state index is 11.9. The summed E-state index contributed by atoms with van der Waals surface area (Å²) in [5.41, 5.74) is 0.211. The summed E-state index contributed by atoms with van der Waals surface area (Å²) < 4.78 is 1.06. The topological polar surface area (TPSA) is 17.1 Å². The molecule has 3 heteroatoms. The molecule has 0 bridgehead atoms. The minimum Gasteiger partial charge on any atom is -0.299 e. The van der Waals surface area contributed by atoms with E-state index in [-0.39, 0.29) is 5.41 Å². The predicted octanol–water partition coefficient (Wildman–Crippen LogP) is 4.69. The smallest absolute Gasteiger partial charge is 0.138 e. The number of Topliss-reactive ketones (excluding diaryl/α,β-unsaturated/α-hetero) is 1. The van der Waals surface area contributed by atoms with Crippen LogP contribution in [0.4, 0.5) is 0 Å². The van der Waals surface area contributed by atoms with Crippen molar-refractivity contribution in [3.05, 3.63) is 20.8 Å². The molecule has 0 radical (unpaired) electrons. The van der Waals surface area contributed by atoms with Crippen molar-refractivity contribution in [1.82, 2.24) is 0 Å². The Balaban J connectivity index is 2.52. The third-order valence-corrected chi connectivity index (χ3v) is 4.99. The van der Waals surface area contributed by atoms with Crippen LogP contribution in [0.15, 0.2) is 15.9 Å². The van der Waals surface area contributed by atoms with Gasteiger partial charge in [-0.05, 0) is 38.7 Å². The molecule has 1 atom stereocenters. The van der Waals surface area contributed by atoms with Crippen LogP contribution in [0.25, 0.3) is 0 Å². The summed E-state index contributed by atoms with van der Waals surface area (Å²) in [6, 6.07) is 2.00. The highest BCUT2D eigenvalue weighted by Crippen LogP contribution is 2.29. The molecular formula is C13H19BrOS. The van der Waals surface area contributed by atoms with E-state index in [0.29, 0.717) is 24.5 Å². The van der Waals surface area contributed by atoms with Crippen LogP contribution in [-0.2, 0) is 11.2 Å². The van der Waals surface area contributed by atoms with E-state index in [0.717, 1.165) is 9.35 Å². The van der Waals surface area contributed by atoms with Crippen LogP contribution >= 0.6 is 27.3 Å². The lowest BCUT2D eigenvalue weighted by molar-refractivity contribution is -0.119. The maximum Gasteiger partial charge on any atom is 0.138 e. The highest BCUT2D eigenvalue weighted by molar-refractivity contribution is 9.10. The van der Waals surface area contributed by atoms with Gasteiger partial charge in [-0.15, -0.1) is 11.3 Å². The third kappa shape index (κ3) is 4.02. The molecule has 16 heavy (non-hydrogen) atoms. The lowest BCUT2D eigenvalue weighted by Crippen LogP contribution is -2.21.